The minimum Gasteiger partial charge on any atom is -0.497 e. The largest absolute Gasteiger partial charge is 0.497 e. The number of carbonyl (C=O) groups excluding carboxylic acids is 2. The monoisotopic (exact) mass is 501 g/mol. The zero-order valence-electron chi connectivity index (χ0n) is 16.7. The molecule has 2 aromatic carbocycles. The topological polar surface area (TPSA) is 96.5 Å². The molecule has 1 fully saturated rings. The Bertz CT molecular complexity index is 1110. The number of aromatic nitrogens is 2. The van der Waals surface area contributed by atoms with Gasteiger partial charge >= 0.3 is 6.03 Å². The van der Waals surface area contributed by atoms with E-state index in [1.165, 1.54) is 11.3 Å². The van der Waals surface area contributed by atoms with Gasteiger partial charge in [0.05, 0.1) is 7.11 Å². The third-order valence-electron chi connectivity index (χ3n) is 4.86. The van der Waals surface area contributed by atoms with Crippen molar-refractivity contribution in [2.45, 2.75) is 18.9 Å². The summed E-state index contributed by atoms with van der Waals surface area (Å²) in [5, 5.41) is 15.0. The lowest BCUT2D eigenvalue weighted by molar-refractivity contribution is -0.119. The molecule has 1 saturated heterocycles. The first-order chi connectivity index (χ1) is 15.0. The number of urea groups is 1. The van der Waals surface area contributed by atoms with Crippen LogP contribution < -0.4 is 15.4 Å². The highest BCUT2D eigenvalue weighted by molar-refractivity contribution is 9.10. The number of hydrogen-bond donors (Lipinski definition) is 2. The van der Waals surface area contributed by atoms with Crippen LogP contribution in [0, 0.1) is 0 Å². The van der Waals surface area contributed by atoms with Gasteiger partial charge in [-0.15, -0.1) is 10.2 Å². The first-order valence-corrected chi connectivity index (χ1v) is 11.3. The van der Waals surface area contributed by atoms with Crippen molar-refractivity contribution in [2.75, 3.05) is 24.3 Å². The second-order valence-electron chi connectivity index (χ2n) is 6.93. The Morgan fingerprint density at radius 3 is 2.81 bits per heavy atom. The predicted molar refractivity (Wildman–Crippen MR) is 123 cm³/mol. The van der Waals surface area contributed by atoms with Crippen molar-refractivity contribution in [1.29, 1.82) is 0 Å². The van der Waals surface area contributed by atoms with Gasteiger partial charge in [-0.3, -0.25) is 10.1 Å². The van der Waals surface area contributed by atoms with Crippen LogP contribution in [0.1, 0.15) is 12.8 Å². The second kappa shape index (κ2) is 9.44. The maximum atomic E-state index is 12.9. The summed E-state index contributed by atoms with van der Waals surface area (Å²) in [6, 6.07) is 13.9. The second-order valence-corrected chi connectivity index (χ2v) is 8.82. The zero-order valence-corrected chi connectivity index (χ0v) is 19.1. The molecule has 160 valence electrons. The SMILES string of the molecule is COc1cccc(NC(=O)N2CCCC2C(=O)Nc2nnc(-c3cccc(Br)c3)s2)c1. The highest BCUT2D eigenvalue weighted by Gasteiger charge is 2.34. The zero-order chi connectivity index (χ0) is 21.8. The fourth-order valence-electron chi connectivity index (χ4n) is 3.38. The number of hydrogen-bond acceptors (Lipinski definition) is 6. The first-order valence-electron chi connectivity index (χ1n) is 9.65. The number of nitrogens with zero attached hydrogens (tertiary/aromatic N) is 3. The summed E-state index contributed by atoms with van der Waals surface area (Å²) >= 11 is 4.73. The molecule has 1 aliphatic heterocycles. The molecular formula is C21H20BrN5O3S. The fourth-order valence-corrected chi connectivity index (χ4v) is 4.52. The Morgan fingerprint density at radius 2 is 2.00 bits per heavy atom. The van der Waals surface area contributed by atoms with E-state index in [1.54, 1.807) is 36.3 Å². The molecule has 0 bridgehead atoms. The van der Waals surface area contributed by atoms with Crippen molar-refractivity contribution in [3.63, 3.8) is 0 Å². The normalized spacial score (nSPS) is 15.5. The van der Waals surface area contributed by atoms with Crippen LogP contribution in [0.5, 0.6) is 5.75 Å². The average molecular weight is 502 g/mol. The summed E-state index contributed by atoms with van der Waals surface area (Å²) in [5.74, 6) is 0.376. The van der Waals surface area contributed by atoms with E-state index in [9.17, 15) is 9.59 Å². The molecule has 2 N–H and O–H groups in total. The van der Waals surface area contributed by atoms with Crippen molar-refractivity contribution in [3.8, 4) is 16.3 Å². The van der Waals surface area contributed by atoms with Gasteiger partial charge < -0.3 is 15.0 Å². The Balaban J connectivity index is 1.41. The lowest BCUT2D eigenvalue weighted by Gasteiger charge is -2.23. The molecule has 1 atom stereocenters. The Labute approximate surface area is 191 Å². The van der Waals surface area contributed by atoms with Crippen LogP contribution in [0.4, 0.5) is 15.6 Å². The minimum absolute atomic E-state index is 0.268. The number of anilines is 2. The highest BCUT2D eigenvalue weighted by Crippen LogP contribution is 2.29. The van der Waals surface area contributed by atoms with Crippen LogP contribution in [-0.4, -0.2) is 46.7 Å². The number of halogens is 1. The number of rotatable bonds is 5. The quantitative estimate of drug-likeness (QED) is 0.531. The van der Waals surface area contributed by atoms with Gasteiger partial charge in [0.15, 0.2) is 0 Å². The lowest BCUT2D eigenvalue weighted by Crippen LogP contribution is -2.45. The summed E-state index contributed by atoms with van der Waals surface area (Å²) in [5.41, 5.74) is 1.52. The molecule has 0 saturated carbocycles. The van der Waals surface area contributed by atoms with Crippen LogP contribution >= 0.6 is 27.3 Å². The van der Waals surface area contributed by atoms with Gasteiger partial charge in [-0.05, 0) is 37.1 Å². The smallest absolute Gasteiger partial charge is 0.322 e. The number of ether oxygens (including phenoxy) is 1. The number of methoxy groups -OCH3 is 1. The van der Waals surface area contributed by atoms with E-state index < -0.39 is 6.04 Å². The van der Waals surface area contributed by atoms with Crippen molar-refractivity contribution < 1.29 is 14.3 Å². The van der Waals surface area contributed by atoms with E-state index in [4.69, 9.17) is 4.74 Å². The number of benzene rings is 2. The van der Waals surface area contributed by atoms with E-state index in [0.717, 1.165) is 16.5 Å². The van der Waals surface area contributed by atoms with E-state index in [-0.39, 0.29) is 11.9 Å². The molecule has 8 nitrogen and oxygen atoms in total. The molecule has 0 radical (unpaired) electrons. The molecule has 0 spiro atoms. The Kier molecular flexibility index (Phi) is 6.47. The van der Waals surface area contributed by atoms with E-state index in [2.05, 4.69) is 36.8 Å². The number of nitrogens with one attached hydrogen (secondary N) is 2. The number of likely N-dealkylation sites (tertiary alicyclic amines) is 1. The fraction of sp³-hybridized carbons (Fsp3) is 0.238. The summed E-state index contributed by atoms with van der Waals surface area (Å²) in [4.78, 5) is 27.2. The summed E-state index contributed by atoms with van der Waals surface area (Å²) < 4.78 is 6.12. The summed E-state index contributed by atoms with van der Waals surface area (Å²) in [6.07, 6.45) is 1.34. The van der Waals surface area contributed by atoms with Crippen molar-refractivity contribution in [3.05, 3.63) is 53.0 Å². The molecule has 2 heterocycles. The standard InChI is InChI=1S/C21H20BrN5O3S/c1-30-16-8-3-7-15(12-16)23-21(29)27-10-4-9-17(27)18(28)24-20-26-25-19(31-20)13-5-2-6-14(22)11-13/h2-3,5-8,11-12,17H,4,9-10H2,1H3,(H,23,29)(H,24,26,28). The van der Waals surface area contributed by atoms with Gasteiger partial charge in [-0.25, -0.2) is 4.79 Å². The van der Waals surface area contributed by atoms with Gasteiger partial charge in [-0.2, -0.15) is 0 Å². The van der Waals surface area contributed by atoms with Crippen molar-refractivity contribution in [2.24, 2.45) is 0 Å². The predicted octanol–water partition coefficient (Wildman–Crippen LogP) is 4.61. The van der Waals surface area contributed by atoms with Crippen molar-refractivity contribution >= 4 is 50.0 Å². The van der Waals surface area contributed by atoms with Gasteiger partial charge in [0.2, 0.25) is 11.0 Å². The maximum absolute atomic E-state index is 12.9. The average Bonchev–Trinajstić information content (AvgIpc) is 3.44. The van der Waals surface area contributed by atoms with Crippen LogP contribution in [0.2, 0.25) is 0 Å². The summed E-state index contributed by atoms with van der Waals surface area (Å²) in [6.45, 7) is 0.507. The van der Waals surface area contributed by atoms with Gasteiger partial charge in [0, 0.05) is 28.3 Å². The van der Waals surface area contributed by atoms with Crippen LogP contribution in [0.15, 0.2) is 53.0 Å². The maximum Gasteiger partial charge on any atom is 0.322 e. The molecule has 1 aromatic heterocycles. The van der Waals surface area contributed by atoms with Crippen molar-refractivity contribution in [1.82, 2.24) is 15.1 Å². The molecular weight excluding hydrogens is 482 g/mol. The van der Waals surface area contributed by atoms with Crippen LogP contribution in [-0.2, 0) is 4.79 Å². The van der Waals surface area contributed by atoms with Crippen LogP contribution in [0.25, 0.3) is 10.6 Å². The molecule has 10 heteroatoms. The molecule has 1 aliphatic rings. The van der Waals surface area contributed by atoms with E-state index >= 15 is 0 Å². The van der Waals surface area contributed by atoms with Gasteiger partial charge in [0.1, 0.15) is 16.8 Å². The number of amides is 3. The summed E-state index contributed by atoms with van der Waals surface area (Å²) in [7, 11) is 1.57. The number of carbonyl (C=O) groups is 2. The van der Waals surface area contributed by atoms with Crippen LogP contribution in [0.3, 0.4) is 0 Å². The van der Waals surface area contributed by atoms with E-state index in [0.29, 0.717) is 34.5 Å². The molecule has 4 rings (SSSR count). The first kappa shape index (κ1) is 21.3. The minimum atomic E-state index is -0.566. The van der Waals surface area contributed by atoms with Gasteiger partial charge in [-0.1, -0.05) is 45.5 Å². The molecule has 3 amide bonds. The van der Waals surface area contributed by atoms with E-state index in [1.807, 2.05) is 24.3 Å². The third kappa shape index (κ3) is 5.02. The third-order valence-corrected chi connectivity index (χ3v) is 6.25. The lowest BCUT2D eigenvalue weighted by atomic mass is 10.2. The Morgan fingerprint density at radius 1 is 1.16 bits per heavy atom. The molecule has 3 aromatic rings. The van der Waals surface area contributed by atoms with Gasteiger partial charge in [0.25, 0.3) is 0 Å². The Hall–Kier alpha value is -2.98. The molecule has 0 aliphatic carbocycles. The molecule has 1 unspecified atom stereocenters. The molecule has 31 heavy (non-hydrogen) atoms. The highest BCUT2D eigenvalue weighted by atomic mass is 79.9.